The molecule has 0 aliphatic heterocycles. The predicted octanol–water partition coefficient (Wildman–Crippen LogP) is 2.81. The molecule has 0 aliphatic rings. The Hall–Kier alpha value is -1.29. The first-order valence-electron chi connectivity index (χ1n) is 5.51. The third-order valence-corrected chi connectivity index (χ3v) is 3.73. The highest BCUT2D eigenvalue weighted by molar-refractivity contribution is 7.17. The first kappa shape index (κ1) is 11.2. The molecular formula is C12H16N2OS. The fraction of sp³-hybridized carbons (Fsp3) is 0.417. The van der Waals surface area contributed by atoms with E-state index in [-0.39, 0.29) is 5.91 Å². The molecular weight excluding hydrogens is 220 g/mol. The summed E-state index contributed by atoms with van der Waals surface area (Å²) in [7, 11) is 1.84. The molecule has 4 heteroatoms. The van der Waals surface area contributed by atoms with Gasteiger partial charge in [-0.25, -0.2) is 0 Å². The van der Waals surface area contributed by atoms with Crippen molar-refractivity contribution in [1.82, 2.24) is 9.47 Å². The highest BCUT2D eigenvalue weighted by Gasteiger charge is 2.17. The van der Waals surface area contributed by atoms with Gasteiger partial charge in [0, 0.05) is 20.1 Å². The number of hydrogen-bond acceptors (Lipinski definition) is 2. The van der Waals surface area contributed by atoms with E-state index < -0.39 is 0 Å². The molecule has 1 amide bonds. The van der Waals surface area contributed by atoms with Crippen LogP contribution in [0.5, 0.6) is 0 Å². The van der Waals surface area contributed by atoms with Crippen LogP contribution in [0.1, 0.15) is 24.3 Å². The topological polar surface area (TPSA) is 25.2 Å². The monoisotopic (exact) mass is 236 g/mol. The lowest BCUT2D eigenvalue weighted by molar-refractivity contribution is 0.0792. The van der Waals surface area contributed by atoms with Crippen LogP contribution in [0.25, 0.3) is 10.2 Å². The lowest BCUT2D eigenvalue weighted by Crippen LogP contribution is -2.28. The van der Waals surface area contributed by atoms with E-state index in [0.29, 0.717) is 0 Å². The molecule has 0 unspecified atom stereocenters. The van der Waals surface area contributed by atoms with Crippen LogP contribution in [0.3, 0.4) is 0 Å². The summed E-state index contributed by atoms with van der Waals surface area (Å²) in [5.41, 5.74) is 1.97. The molecule has 0 saturated heterocycles. The van der Waals surface area contributed by atoms with Gasteiger partial charge in [-0.2, -0.15) is 0 Å². The number of carbonyl (C=O) groups excluding carboxylic acids is 1. The molecule has 0 aliphatic carbocycles. The average molecular weight is 236 g/mol. The first-order chi connectivity index (χ1) is 7.69. The van der Waals surface area contributed by atoms with Crippen molar-refractivity contribution in [2.24, 2.45) is 0 Å². The minimum Gasteiger partial charge on any atom is -0.341 e. The molecule has 0 bridgehead atoms. The van der Waals surface area contributed by atoms with E-state index in [1.165, 1.54) is 10.2 Å². The van der Waals surface area contributed by atoms with Crippen LogP contribution in [-0.2, 0) is 6.54 Å². The number of nitrogens with zero attached hydrogens (tertiary/aromatic N) is 2. The summed E-state index contributed by atoms with van der Waals surface area (Å²) in [5, 5.41) is 2.06. The van der Waals surface area contributed by atoms with Crippen LogP contribution in [0.15, 0.2) is 17.5 Å². The number of rotatable bonds is 3. The van der Waals surface area contributed by atoms with Crippen molar-refractivity contribution < 1.29 is 4.79 Å². The Bertz CT molecular complexity index is 512. The number of aryl methyl sites for hydroxylation is 1. The molecule has 0 radical (unpaired) electrons. The summed E-state index contributed by atoms with van der Waals surface area (Å²) in [4.78, 5) is 13.9. The van der Waals surface area contributed by atoms with Crippen molar-refractivity contribution in [3.63, 3.8) is 0 Å². The van der Waals surface area contributed by atoms with Crippen molar-refractivity contribution in [3.05, 3.63) is 23.2 Å². The summed E-state index contributed by atoms with van der Waals surface area (Å²) in [6.45, 7) is 5.62. The van der Waals surface area contributed by atoms with Crippen molar-refractivity contribution in [1.29, 1.82) is 0 Å². The predicted molar refractivity (Wildman–Crippen MR) is 68.1 cm³/mol. The second-order valence-corrected chi connectivity index (χ2v) is 4.71. The summed E-state index contributed by atoms with van der Waals surface area (Å²) < 4.78 is 3.27. The van der Waals surface area contributed by atoms with Crippen molar-refractivity contribution in [2.75, 3.05) is 13.6 Å². The van der Waals surface area contributed by atoms with Crippen LogP contribution in [0.4, 0.5) is 0 Å². The Morgan fingerprint density at radius 1 is 1.50 bits per heavy atom. The number of thiophene rings is 1. The van der Waals surface area contributed by atoms with Gasteiger partial charge >= 0.3 is 0 Å². The second-order valence-electron chi connectivity index (χ2n) is 3.76. The van der Waals surface area contributed by atoms with Crippen LogP contribution in [0.2, 0.25) is 0 Å². The molecule has 16 heavy (non-hydrogen) atoms. The minimum absolute atomic E-state index is 0.104. The molecule has 0 saturated carbocycles. The molecule has 0 N–H and O–H groups in total. The number of hydrogen-bond donors (Lipinski definition) is 0. The van der Waals surface area contributed by atoms with E-state index in [1.54, 1.807) is 16.2 Å². The molecule has 2 heterocycles. The first-order valence-corrected chi connectivity index (χ1v) is 6.39. The van der Waals surface area contributed by atoms with E-state index in [9.17, 15) is 4.79 Å². The largest absolute Gasteiger partial charge is 0.341 e. The van der Waals surface area contributed by atoms with Gasteiger partial charge in [-0.15, -0.1) is 11.3 Å². The van der Waals surface area contributed by atoms with E-state index >= 15 is 0 Å². The Labute approximate surface area is 99.3 Å². The molecule has 86 valence electrons. The van der Waals surface area contributed by atoms with E-state index in [4.69, 9.17) is 0 Å². The van der Waals surface area contributed by atoms with E-state index in [0.717, 1.165) is 18.8 Å². The van der Waals surface area contributed by atoms with E-state index in [2.05, 4.69) is 22.9 Å². The fourth-order valence-electron chi connectivity index (χ4n) is 1.83. The number of carbonyl (C=O) groups is 1. The minimum atomic E-state index is 0.104. The Balaban J connectivity index is 2.51. The zero-order valence-corrected chi connectivity index (χ0v) is 10.7. The summed E-state index contributed by atoms with van der Waals surface area (Å²) >= 11 is 1.68. The van der Waals surface area contributed by atoms with Crippen molar-refractivity contribution in [3.8, 4) is 0 Å². The highest BCUT2D eigenvalue weighted by atomic mass is 32.1. The smallest absolute Gasteiger partial charge is 0.270 e. The van der Waals surface area contributed by atoms with Crippen LogP contribution in [-0.4, -0.2) is 29.0 Å². The summed E-state index contributed by atoms with van der Waals surface area (Å²) in [6.07, 6.45) is 0. The molecule has 2 aromatic heterocycles. The average Bonchev–Trinajstić information content (AvgIpc) is 2.86. The van der Waals surface area contributed by atoms with Gasteiger partial charge in [0.15, 0.2) is 0 Å². The molecule has 0 aromatic carbocycles. The van der Waals surface area contributed by atoms with Gasteiger partial charge in [0.2, 0.25) is 0 Å². The van der Waals surface area contributed by atoms with Crippen molar-refractivity contribution in [2.45, 2.75) is 20.4 Å². The zero-order chi connectivity index (χ0) is 11.7. The fourth-order valence-corrected chi connectivity index (χ4v) is 2.66. The van der Waals surface area contributed by atoms with Gasteiger partial charge in [-0.05, 0) is 31.4 Å². The molecule has 2 rings (SSSR count). The molecule has 0 fully saturated rings. The van der Waals surface area contributed by atoms with Gasteiger partial charge < -0.3 is 9.47 Å². The van der Waals surface area contributed by atoms with Gasteiger partial charge in [0.1, 0.15) is 5.69 Å². The Kier molecular flexibility index (Phi) is 3.01. The van der Waals surface area contributed by atoms with Crippen LogP contribution < -0.4 is 0 Å². The third kappa shape index (κ3) is 1.63. The Morgan fingerprint density at radius 3 is 2.88 bits per heavy atom. The van der Waals surface area contributed by atoms with Crippen LogP contribution >= 0.6 is 11.3 Å². The molecule has 2 aromatic rings. The number of amides is 1. The lowest BCUT2D eigenvalue weighted by atomic mass is 10.3. The zero-order valence-electron chi connectivity index (χ0n) is 9.86. The van der Waals surface area contributed by atoms with Gasteiger partial charge in [-0.3, -0.25) is 4.79 Å². The molecule has 0 spiro atoms. The normalized spacial score (nSPS) is 10.9. The number of aromatic nitrogens is 1. The van der Waals surface area contributed by atoms with Gasteiger partial charge in [0.25, 0.3) is 5.91 Å². The summed E-state index contributed by atoms with van der Waals surface area (Å²) in [5.74, 6) is 0.104. The van der Waals surface area contributed by atoms with Crippen LogP contribution in [0, 0.1) is 0 Å². The van der Waals surface area contributed by atoms with Gasteiger partial charge in [-0.1, -0.05) is 0 Å². The van der Waals surface area contributed by atoms with E-state index in [1.807, 2.05) is 20.0 Å². The van der Waals surface area contributed by atoms with Crippen molar-refractivity contribution >= 4 is 27.5 Å². The molecule has 0 atom stereocenters. The third-order valence-electron chi connectivity index (χ3n) is 2.88. The quantitative estimate of drug-likeness (QED) is 0.804. The molecule has 3 nitrogen and oxygen atoms in total. The maximum atomic E-state index is 12.1. The maximum absolute atomic E-state index is 12.1. The Morgan fingerprint density at radius 2 is 2.25 bits per heavy atom. The SMILES string of the molecule is CCN(C)C(=O)c1cc2sccc2n1CC. The highest BCUT2D eigenvalue weighted by Crippen LogP contribution is 2.25. The number of fused-ring (bicyclic) bond motifs is 1. The second kappa shape index (κ2) is 4.29. The summed E-state index contributed by atoms with van der Waals surface area (Å²) in [6, 6.07) is 4.07. The lowest BCUT2D eigenvalue weighted by Gasteiger charge is -2.15. The maximum Gasteiger partial charge on any atom is 0.270 e. The van der Waals surface area contributed by atoms with Gasteiger partial charge in [0.05, 0.1) is 10.2 Å². The standard InChI is InChI=1S/C12H16N2OS/c1-4-13(3)12(15)10-8-11-9(6-7-16-11)14(10)5-2/h6-8H,4-5H2,1-3H3.